The van der Waals surface area contributed by atoms with Crippen molar-refractivity contribution in [2.24, 2.45) is 0 Å². The van der Waals surface area contributed by atoms with Crippen LogP contribution in [0.5, 0.6) is 0 Å². The first-order chi connectivity index (χ1) is 9.40. The Morgan fingerprint density at radius 3 is 2.50 bits per heavy atom. The minimum Gasteiger partial charge on any atom is -0.468 e. The van der Waals surface area contributed by atoms with Crippen molar-refractivity contribution in [1.29, 1.82) is 0 Å². The van der Waals surface area contributed by atoms with E-state index in [-0.39, 0.29) is 6.54 Å². The highest BCUT2D eigenvalue weighted by atomic mass is 35.5. The number of rotatable bonds is 7. The molecule has 1 aromatic rings. The molecule has 0 aliphatic heterocycles. The van der Waals surface area contributed by atoms with Gasteiger partial charge < -0.3 is 4.74 Å². The summed E-state index contributed by atoms with van der Waals surface area (Å²) < 4.78 is 30.1. The number of sulfonamides is 1. The average molecular weight is 318 g/mol. The Kier molecular flexibility index (Phi) is 6.04. The molecule has 0 radical (unpaired) electrons. The van der Waals surface area contributed by atoms with Crippen molar-refractivity contribution < 1.29 is 17.9 Å². The number of carbonyl (C=O) groups is 1. The van der Waals surface area contributed by atoms with E-state index in [9.17, 15) is 13.2 Å². The highest BCUT2D eigenvalue weighted by Crippen LogP contribution is 2.21. The van der Waals surface area contributed by atoms with Gasteiger partial charge in [-0.25, -0.2) is 8.42 Å². The van der Waals surface area contributed by atoms with E-state index >= 15 is 0 Å². The van der Waals surface area contributed by atoms with Gasteiger partial charge in [0.25, 0.3) is 0 Å². The summed E-state index contributed by atoms with van der Waals surface area (Å²) in [5, 5.41) is 0.503. The van der Waals surface area contributed by atoms with Gasteiger partial charge in [0.1, 0.15) is 0 Å². The number of benzene rings is 1. The van der Waals surface area contributed by atoms with Crippen molar-refractivity contribution >= 4 is 33.3 Å². The summed E-state index contributed by atoms with van der Waals surface area (Å²) in [6.45, 7) is 3.76. The topological polar surface area (TPSA) is 63.7 Å². The molecule has 1 aromatic carbocycles. The summed E-state index contributed by atoms with van der Waals surface area (Å²) in [5.41, 5.74) is 0.445. The summed E-state index contributed by atoms with van der Waals surface area (Å²) >= 11 is 5.78. The number of halogens is 1. The van der Waals surface area contributed by atoms with E-state index in [1.807, 2.05) is 0 Å². The molecule has 0 atom stereocenters. The van der Waals surface area contributed by atoms with Crippen LogP contribution in [0.2, 0.25) is 5.02 Å². The second-order valence-electron chi connectivity index (χ2n) is 3.96. The predicted octanol–water partition coefficient (Wildman–Crippen LogP) is 2.23. The molecule has 1 rings (SSSR count). The van der Waals surface area contributed by atoms with Crippen LogP contribution in [0.3, 0.4) is 0 Å². The van der Waals surface area contributed by atoms with Crippen molar-refractivity contribution in [1.82, 2.24) is 0 Å². The Morgan fingerprint density at radius 1 is 1.40 bits per heavy atom. The number of carbonyl (C=O) groups excluding carboxylic acids is 1. The van der Waals surface area contributed by atoms with Gasteiger partial charge in [-0.3, -0.25) is 9.10 Å². The van der Waals surface area contributed by atoms with Crippen LogP contribution in [0.1, 0.15) is 6.42 Å². The van der Waals surface area contributed by atoms with Crippen molar-refractivity contribution in [3.8, 4) is 0 Å². The first-order valence-electron chi connectivity index (χ1n) is 5.84. The van der Waals surface area contributed by atoms with Crippen LogP contribution in [-0.2, 0) is 19.6 Å². The van der Waals surface area contributed by atoms with Crippen LogP contribution < -0.4 is 4.31 Å². The van der Waals surface area contributed by atoms with Crippen LogP contribution in [0.25, 0.3) is 0 Å². The molecule has 110 valence electrons. The van der Waals surface area contributed by atoms with Crippen molar-refractivity contribution in [3.63, 3.8) is 0 Å². The van der Waals surface area contributed by atoms with E-state index < -0.39 is 21.7 Å². The second kappa shape index (κ2) is 7.31. The minimum absolute atomic E-state index is 0.199. The van der Waals surface area contributed by atoms with Crippen LogP contribution in [0.15, 0.2) is 36.9 Å². The summed E-state index contributed by atoms with van der Waals surface area (Å²) in [7, 11) is -2.66. The van der Waals surface area contributed by atoms with Gasteiger partial charge in [-0.1, -0.05) is 17.7 Å². The van der Waals surface area contributed by atoms with E-state index in [4.69, 9.17) is 11.6 Å². The molecule has 20 heavy (non-hydrogen) atoms. The van der Waals surface area contributed by atoms with E-state index in [2.05, 4.69) is 11.3 Å². The minimum atomic E-state index is -3.80. The first-order valence-corrected chi connectivity index (χ1v) is 7.83. The molecule has 7 heteroatoms. The fourth-order valence-corrected chi connectivity index (χ4v) is 3.05. The Labute approximate surface area is 123 Å². The third-order valence-corrected chi connectivity index (χ3v) is 4.43. The van der Waals surface area contributed by atoms with Gasteiger partial charge in [-0.2, -0.15) is 0 Å². The lowest BCUT2D eigenvalue weighted by Crippen LogP contribution is -2.36. The number of ether oxygens (including phenoxy) is 1. The van der Waals surface area contributed by atoms with Gasteiger partial charge in [0, 0.05) is 11.6 Å². The highest BCUT2D eigenvalue weighted by Gasteiger charge is 2.25. The van der Waals surface area contributed by atoms with Gasteiger partial charge in [-0.05, 0) is 30.7 Å². The number of nitrogens with zero attached hydrogens (tertiary/aromatic N) is 1. The molecule has 0 spiro atoms. The fraction of sp³-hybridized carbons (Fsp3) is 0.308. The standard InChI is InChI=1S/C13H16ClNO4S/c1-3-4-9-15(12-7-5-11(14)6-8-12)20(17,18)10-13(16)19-2/h3,5-8H,1,4,9-10H2,2H3. The highest BCUT2D eigenvalue weighted by molar-refractivity contribution is 7.93. The van der Waals surface area contributed by atoms with Crippen LogP contribution in [-0.4, -0.2) is 33.8 Å². The summed E-state index contributed by atoms with van der Waals surface area (Å²) in [5.74, 6) is -1.51. The van der Waals surface area contributed by atoms with Gasteiger partial charge >= 0.3 is 5.97 Å². The van der Waals surface area contributed by atoms with Crippen molar-refractivity contribution in [2.45, 2.75) is 6.42 Å². The maximum Gasteiger partial charge on any atom is 0.322 e. The molecule has 0 aliphatic rings. The molecule has 0 heterocycles. The maximum absolute atomic E-state index is 12.2. The molecule has 0 saturated heterocycles. The lowest BCUT2D eigenvalue weighted by molar-refractivity contribution is -0.137. The number of hydrogen-bond acceptors (Lipinski definition) is 4. The molecule has 0 aromatic heterocycles. The molecular formula is C13H16ClNO4S. The third kappa shape index (κ3) is 4.54. The van der Waals surface area contributed by atoms with Crippen LogP contribution >= 0.6 is 11.6 Å². The molecule has 0 unspecified atom stereocenters. The zero-order chi connectivity index (χ0) is 15.2. The second-order valence-corrected chi connectivity index (χ2v) is 6.29. The van der Waals surface area contributed by atoms with Crippen LogP contribution in [0, 0.1) is 0 Å². The summed E-state index contributed by atoms with van der Waals surface area (Å²) in [4.78, 5) is 11.2. The Hall–Kier alpha value is -1.53. The monoisotopic (exact) mass is 317 g/mol. The van der Waals surface area contributed by atoms with Gasteiger partial charge in [0.05, 0.1) is 12.8 Å². The zero-order valence-electron chi connectivity index (χ0n) is 11.1. The molecule has 0 bridgehead atoms. The quantitative estimate of drug-likeness (QED) is 0.571. The average Bonchev–Trinajstić information content (AvgIpc) is 2.40. The first kappa shape index (κ1) is 16.5. The van der Waals surface area contributed by atoms with E-state index in [0.29, 0.717) is 17.1 Å². The molecule has 0 N–H and O–H groups in total. The summed E-state index contributed by atoms with van der Waals surface area (Å²) in [6, 6.07) is 6.34. The number of hydrogen-bond donors (Lipinski definition) is 0. The summed E-state index contributed by atoms with van der Waals surface area (Å²) in [6.07, 6.45) is 2.07. The largest absolute Gasteiger partial charge is 0.468 e. The normalized spacial score (nSPS) is 10.9. The SMILES string of the molecule is C=CCCN(c1ccc(Cl)cc1)S(=O)(=O)CC(=O)OC. The zero-order valence-corrected chi connectivity index (χ0v) is 12.7. The van der Waals surface area contributed by atoms with Gasteiger partial charge in [-0.15, -0.1) is 6.58 Å². The van der Waals surface area contributed by atoms with Crippen molar-refractivity contribution in [3.05, 3.63) is 41.9 Å². The molecule has 0 saturated carbocycles. The van der Waals surface area contributed by atoms with Gasteiger partial charge in [0.2, 0.25) is 10.0 Å². The van der Waals surface area contributed by atoms with Crippen molar-refractivity contribution in [2.75, 3.05) is 23.7 Å². The number of methoxy groups -OCH3 is 1. The Bertz CT molecular complexity index is 569. The number of anilines is 1. The lowest BCUT2D eigenvalue weighted by Gasteiger charge is -2.23. The fourth-order valence-electron chi connectivity index (χ4n) is 1.53. The predicted molar refractivity (Wildman–Crippen MR) is 79.4 cm³/mol. The third-order valence-electron chi connectivity index (χ3n) is 2.51. The van der Waals surface area contributed by atoms with Crippen LogP contribution in [0.4, 0.5) is 5.69 Å². The van der Waals surface area contributed by atoms with Gasteiger partial charge in [0.15, 0.2) is 5.75 Å². The molecule has 0 aliphatic carbocycles. The van der Waals surface area contributed by atoms with E-state index in [0.717, 1.165) is 11.4 Å². The molecular weight excluding hydrogens is 302 g/mol. The molecule has 0 amide bonds. The Morgan fingerprint density at radius 2 is 2.00 bits per heavy atom. The smallest absolute Gasteiger partial charge is 0.322 e. The van der Waals surface area contributed by atoms with E-state index in [1.165, 1.54) is 0 Å². The molecule has 0 fully saturated rings. The maximum atomic E-state index is 12.2. The molecule has 5 nitrogen and oxygen atoms in total. The number of esters is 1. The van der Waals surface area contributed by atoms with E-state index in [1.54, 1.807) is 30.3 Å². The Balaban J connectivity index is 3.08. The lowest BCUT2D eigenvalue weighted by atomic mass is 10.3.